The fraction of sp³-hybridized carbons (Fsp3) is 0.389. The van der Waals surface area contributed by atoms with Crippen LogP contribution in [0, 0.1) is 13.8 Å². The zero-order valence-corrected chi connectivity index (χ0v) is 13.9. The minimum Gasteiger partial charge on any atom is -0.378 e. The average molecular weight is 327 g/mol. The highest BCUT2D eigenvalue weighted by Crippen LogP contribution is 2.26. The summed E-state index contributed by atoms with van der Waals surface area (Å²) < 4.78 is 0. The van der Waals surface area contributed by atoms with Gasteiger partial charge in [0.1, 0.15) is 0 Å². The summed E-state index contributed by atoms with van der Waals surface area (Å²) in [6.45, 7) is 4.31. The van der Waals surface area contributed by atoms with Crippen LogP contribution in [-0.4, -0.2) is 45.5 Å². The first-order valence-corrected chi connectivity index (χ1v) is 7.99. The van der Waals surface area contributed by atoms with E-state index in [-0.39, 0.29) is 18.9 Å². The van der Waals surface area contributed by atoms with Gasteiger partial charge in [0.2, 0.25) is 0 Å². The molecular formula is C18H21N3O3. The molecule has 1 aromatic carbocycles. The van der Waals surface area contributed by atoms with E-state index in [1.165, 1.54) is 4.90 Å². The number of β-amino-alcohol motifs (C(OH)–C–C–N with tert-alkyl or cyclic N) is 1. The van der Waals surface area contributed by atoms with Gasteiger partial charge in [-0.25, -0.2) is 0 Å². The van der Waals surface area contributed by atoms with E-state index in [9.17, 15) is 14.7 Å². The second-order valence-electron chi connectivity index (χ2n) is 6.56. The smallest absolute Gasteiger partial charge is 0.256 e. The average Bonchev–Trinajstić information content (AvgIpc) is 2.54. The van der Waals surface area contributed by atoms with Gasteiger partial charge in [-0.1, -0.05) is 0 Å². The summed E-state index contributed by atoms with van der Waals surface area (Å²) in [5.74, 6) is -1.02. The molecule has 1 aliphatic heterocycles. The van der Waals surface area contributed by atoms with Gasteiger partial charge in [0.05, 0.1) is 17.6 Å². The summed E-state index contributed by atoms with van der Waals surface area (Å²) in [6.07, 6.45) is 2.49. The van der Waals surface area contributed by atoms with Gasteiger partial charge < -0.3 is 15.7 Å². The lowest BCUT2D eigenvalue weighted by Gasteiger charge is -2.37. The highest BCUT2D eigenvalue weighted by molar-refractivity contribution is 6.06. The third-order valence-corrected chi connectivity index (χ3v) is 4.65. The SMILES string of the molecule is Cc1cc(C(=O)N2CCCC(O)(C(N)=O)C2)c2nccc(C)c2c1. The van der Waals surface area contributed by atoms with Crippen LogP contribution in [0.2, 0.25) is 0 Å². The van der Waals surface area contributed by atoms with Gasteiger partial charge in [0.15, 0.2) is 5.60 Å². The van der Waals surface area contributed by atoms with Crippen molar-refractivity contribution in [3.05, 3.63) is 41.1 Å². The van der Waals surface area contributed by atoms with Crippen LogP contribution in [0.3, 0.4) is 0 Å². The Morgan fingerprint density at radius 2 is 2.08 bits per heavy atom. The maximum absolute atomic E-state index is 13.0. The Balaban J connectivity index is 2.03. The molecule has 1 unspecified atom stereocenters. The predicted octanol–water partition coefficient (Wildman–Crippen LogP) is 1.30. The van der Waals surface area contributed by atoms with E-state index in [0.29, 0.717) is 24.0 Å². The number of benzene rings is 1. The number of likely N-dealkylation sites (tertiary alicyclic amines) is 1. The molecule has 3 rings (SSSR count). The van der Waals surface area contributed by atoms with Gasteiger partial charge >= 0.3 is 0 Å². The highest BCUT2D eigenvalue weighted by Gasteiger charge is 2.40. The number of rotatable bonds is 2. The summed E-state index contributed by atoms with van der Waals surface area (Å²) in [7, 11) is 0. The first-order chi connectivity index (χ1) is 11.3. The third kappa shape index (κ3) is 2.73. The van der Waals surface area contributed by atoms with Crippen molar-refractivity contribution in [1.29, 1.82) is 0 Å². The Morgan fingerprint density at radius 1 is 1.33 bits per heavy atom. The second kappa shape index (κ2) is 5.87. The normalized spacial score (nSPS) is 21.0. The van der Waals surface area contributed by atoms with Crippen LogP contribution in [0.15, 0.2) is 24.4 Å². The summed E-state index contributed by atoms with van der Waals surface area (Å²) in [5, 5.41) is 11.3. The molecule has 0 bridgehead atoms. The largest absolute Gasteiger partial charge is 0.378 e. The first-order valence-electron chi connectivity index (χ1n) is 7.99. The van der Waals surface area contributed by atoms with Crippen molar-refractivity contribution < 1.29 is 14.7 Å². The molecule has 6 heteroatoms. The van der Waals surface area contributed by atoms with E-state index < -0.39 is 11.5 Å². The predicted molar refractivity (Wildman–Crippen MR) is 90.5 cm³/mol. The number of aromatic nitrogens is 1. The summed E-state index contributed by atoms with van der Waals surface area (Å²) in [4.78, 5) is 30.4. The summed E-state index contributed by atoms with van der Waals surface area (Å²) >= 11 is 0. The van der Waals surface area contributed by atoms with Crippen LogP contribution < -0.4 is 5.73 Å². The van der Waals surface area contributed by atoms with Crippen LogP contribution in [0.4, 0.5) is 0 Å². The van der Waals surface area contributed by atoms with Gasteiger partial charge in [-0.2, -0.15) is 0 Å². The number of nitrogens with two attached hydrogens (primary N) is 1. The standard InChI is InChI=1S/C18H21N3O3/c1-11-8-13-12(2)4-6-20-15(13)14(9-11)16(22)21-7-3-5-18(24,10-21)17(19)23/h4,6,8-9,24H,3,5,7,10H2,1-2H3,(H2,19,23). The van der Waals surface area contributed by atoms with Crippen molar-refractivity contribution in [3.63, 3.8) is 0 Å². The fourth-order valence-electron chi connectivity index (χ4n) is 3.28. The van der Waals surface area contributed by atoms with E-state index in [4.69, 9.17) is 5.73 Å². The molecule has 0 saturated carbocycles. The van der Waals surface area contributed by atoms with E-state index in [1.807, 2.05) is 26.0 Å². The van der Waals surface area contributed by atoms with Gasteiger partial charge in [-0.05, 0) is 56.0 Å². The van der Waals surface area contributed by atoms with Crippen LogP contribution in [-0.2, 0) is 4.79 Å². The number of carbonyl (C=O) groups excluding carboxylic acids is 2. The summed E-state index contributed by atoms with van der Waals surface area (Å²) in [6, 6.07) is 5.71. The number of nitrogens with zero attached hydrogens (tertiary/aromatic N) is 2. The van der Waals surface area contributed by atoms with Crippen molar-refractivity contribution in [2.24, 2.45) is 5.73 Å². The molecule has 3 N–H and O–H groups in total. The third-order valence-electron chi connectivity index (χ3n) is 4.65. The molecule has 1 atom stereocenters. The molecule has 2 heterocycles. The van der Waals surface area contributed by atoms with Crippen molar-refractivity contribution >= 4 is 22.7 Å². The van der Waals surface area contributed by atoms with E-state index >= 15 is 0 Å². The van der Waals surface area contributed by atoms with E-state index in [0.717, 1.165) is 16.5 Å². The van der Waals surface area contributed by atoms with Crippen LogP contribution in [0.25, 0.3) is 10.9 Å². The Hall–Kier alpha value is -2.47. The number of aryl methyl sites for hydroxylation is 2. The number of amides is 2. The molecule has 1 fully saturated rings. The number of piperidine rings is 1. The fourth-order valence-corrected chi connectivity index (χ4v) is 3.28. The Labute approximate surface area is 140 Å². The minimum atomic E-state index is -1.66. The summed E-state index contributed by atoms with van der Waals surface area (Å²) in [5.41, 5.74) is 6.78. The minimum absolute atomic E-state index is 0.0809. The molecule has 1 aliphatic rings. The molecule has 0 radical (unpaired) electrons. The molecule has 0 aliphatic carbocycles. The lowest BCUT2D eigenvalue weighted by molar-refractivity contribution is -0.140. The Kier molecular flexibility index (Phi) is 4.01. The zero-order valence-electron chi connectivity index (χ0n) is 13.9. The molecule has 6 nitrogen and oxygen atoms in total. The molecular weight excluding hydrogens is 306 g/mol. The van der Waals surface area contributed by atoms with Crippen LogP contribution in [0.1, 0.15) is 34.3 Å². The van der Waals surface area contributed by atoms with Crippen LogP contribution in [0.5, 0.6) is 0 Å². The number of carbonyl (C=O) groups is 2. The Morgan fingerprint density at radius 3 is 2.79 bits per heavy atom. The number of primary amides is 1. The lowest BCUT2D eigenvalue weighted by Crippen LogP contribution is -2.57. The van der Waals surface area contributed by atoms with Crippen molar-refractivity contribution in [2.75, 3.05) is 13.1 Å². The molecule has 24 heavy (non-hydrogen) atoms. The van der Waals surface area contributed by atoms with Gasteiger partial charge in [-0.3, -0.25) is 14.6 Å². The number of pyridine rings is 1. The molecule has 1 saturated heterocycles. The van der Waals surface area contributed by atoms with Gasteiger partial charge in [0.25, 0.3) is 11.8 Å². The molecule has 2 amide bonds. The molecule has 2 aromatic rings. The lowest BCUT2D eigenvalue weighted by atomic mass is 9.91. The van der Waals surface area contributed by atoms with Gasteiger partial charge in [0, 0.05) is 18.1 Å². The van der Waals surface area contributed by atoms with Crippen molar-refractivity contribution in [3.8, 4) is 0 Å². The van der Waals surface area contributed by atoms with Crippen molar-refractivity contribution in [1.82, 2.24) is 9.88 Å². The van der Waals surface area contributed by atoms with E-state index in [1.54, 1.807) is 12.3 Å². The topological polar surface area (TPSA) is 96.5 Å². The highest BCUT2D eigenvalue weighted by atomic mass is 16.3. The number of aliphatic hydroxyl groups is 1. The second-order valence-corrected chi connectivity index (χ2v) is 6.56. The maximum atomic E-state index is 13.0. The van der Waals surface area contributed by atoms with E-state index in [2.05, 4.69) is 4.98 Å². The molecule has 1 aromatic heterocycles. The quantitative estimate of drug-likeness (QED) is 0.869. The maximum Gasteiger partial charge on any atom is 0.256 e. The number of fused-ring (bicyclic) bond motifs is 1. The number of hydrogen-bond acceptors (Lipinski definition) is 4. The van der Waals surface area contributed by atoms with Crippen LogP contribution >= 0.6 is 0 Å². The number of hydrogen-bond donors (Lipinski definition) is 2. The monoisotopic (exact) mass is 327 g/mol. The van der Waals surface area contributed by atoms with Crippen molar-refractivity contribution in [2.45, 2.75) is 32.3 Å². The van der Waals surface area contributed by atoms with Gasteiger partial charge in [-0.15, -0.1) is 0 Å². The molecule has 126 valence electrons. The first kappa shape index (κ1) is 16.4. The zero-order chi connectivity index (χ0) is 17.5. The Bertz CT molecular complexity index is 834. The molecule has 0 spiro atoms.